The zero-order valence-electron chi connectivity index (χ0n) is 8.62. The lowest BCUT2D eigenvalue weighted by Gasteiger charge is -2.32. The minimum Gasteiger partial charge on any atom is -0.327 e. The average molecular weight is 183 g/mol. The Balaban J connectivity index is 2.58. The Bertz CT molecular complexity index is 180. The van der Waals surface area contributed by atoms with Crippen molar-refractivity contribution in [2.24, 2.45) is 0 Å². The third-order valence-corrected chi connectivity index (χ3v) is 2.57. The molecule has 0 saturated carbocycles. The molecule has 1 fully saturated rings. The molecule has 3 heteroatoms. The van der Waals surface area contributed by atoms with Gasteiger partial charge in [-0.2, -0.15) is 0 Å². The molecule has 1 unspecified atom stereocenters. The van der Waals surface area contributed by atoms with E-state index in [9.17, 15) is 4.79 Å². The number of nitrogens with zero attached hydrogens (tertiary/aromatic N) is 2. The second kappa shape index (κ2) is 4.61. The Morgan fingerprint density at radius 2 is 2.08 bits per heavy atom. The number of carbonyl (C=O) groups is 1. The molecule has 0 bridgehead atoms. The van der Waals surface area contributed by atoms with Gasteiger partial charge < -0.3 is 4.90 Å². The van der Waals surface area contributed by atoms with E-state index in [1.807, 2.05) is 23.9 Å². The van der Waals surface area contributed by atoms with E-state index >= 15 is 0 Å². The van der Waals surface area contributed by atoms with Gasteiger partial charge >= 0.3 is 0 Å². The standard InChI is InChI=1S/C10H19N2O/c1-9(11(2)3)12-8-6-4-5-7-10(12)13/h9H,1,4-8H2,2-3H3. The van der Waals surface area contributed by atoms with E-state index in [0.717, 1.165) is 19.4 Å². The van der Waals surface area contributed by atoms with Crippen LogP contribution in [0, 0.1) is 6.92 Å². The molecule has 0 aliphatic carbocycles. The van der Waals surface area contributed by atoms with Crippen LogP contribution in [0.2, 0.25) is 0 Å². The molecule has 13 heavy (non-hydrogen) atoms. The molecule has 1 amide bonds. The van der Waals surface area contributed by atoms with Crippen molar-refractivity contribution in [3.63, 3.8) is 0 Å². The summed E-state index contributed by atoms with van der Waals surface area (Å²) >= 11 is 0. The summed E-state index contributed by atoms with van der Waals surface area (Å²) in [6.45, 7) is 4.85. The number of hydrogen-bond acceptors (Lipinski definition) is 2. The van der Waals surface area contributed by atoms with Gasteiger partial charge in [0.25, 0.3) is 0 Å². The van der Waals surface area contributed by atoms with Gasteiger partial charge in [-0.15, -0.1) is 0 Å². The quantitative estimate of drug-likeness (QED) is 0.640. The molecule has 0 aromatic heterocycles. The Morgan fingerprint density at radius 1 is 1.38 bits per heavy atom. The predicted molar refractivity (Wildman–Crippen MR) is 53.0 cm³/mol. The fraction of sp³-hybridized carbons (Fsp3) is 0.800. The maximum atomic E-state index is 11.6. The van der Waals surface area contributed by atoms with Crippen LogP contribution in [-0.2, 0) is 4.79 Å². The second-order valence-corrected chi connectivity index (χ2v) is 3.84. The maximum Gasteiger partial charge on any atom is 0.223 e. The summed E-state index contributed by atoms with van der Waals surface area (Å²) in [5.41, 5.74) is 0. The highest BCUT2D eigenvalue weighted by molar-refractivity contribution is 5.76. The Kier molecular flexibility index (Phi) is 3.72. The number of likely N-dealkylation sites (tertiary alicyclic amines) is 1. The highest BCUT2D eigenvalue weighted by Gasteiger charge is 2.22. The van der Waals surface area contributed by atoms with Gasteiger partial charge in [-0.05, 0) is 33.9 Å². The molecule has 1 radical (unpaired) electrons. The van der Waals surface area contributed by atoms with E-state index < -0.39 is 0 Å². The Hall–Kier alpha value is -0.570. The Morgan fingerprint density at radius 3 is 2.69 bits per heavy atom. The van der Waals surface area contributed by atoms with E-state index in [1.165, 1.54) is 6.42 Å². The van der Waals surface area contributed by atoms with Crippen LogP contribution in [0.15, 0.2) is 0 Å². The highest BCUT2D eigenvalue weighted by Crippen LogP contribution is 2.14. The van der Waals surface area contributed by atoms with Crippen LogP contribution in [0.1, 0.15) is 25.7 Å². The first kappa shape index (κ1) is 10.5. The zero-order chi connectivity index (χ0) is 9.84. The number of amides is 1. The van der Waals surface area contributed by atoms with Gasteiger partial charge in [-0.25, -0.2) is 0 Å². The van der Waals surface area contributed by atoms with Gasteiger partial charge in [0.15, 0.2) is 0 Å². The summed E-state index contributed by atoms with van der Waals surface area (Å²) in [6.07, 6.45) is 4.01. The number of carbonyl (C=O) groups excluding carboxylic acids is 1. The van der Waals surface area contributed by atoms with Crippen LogP contribution in [0.5, 0.6) is 0 Å². The van der Waals surface area contributed by atoms with Crippen molar-refractivity contribution in [3.05, 3.63) is 6.92 Å². The van der Waals surface area contributed by atoms with Crippen molar-refractivity contribution >= 4 is 5.91 Å². The average Bonchev–Trinajstić information content (AvgIpc) is 2.28. The first-order chi connectivity index (χ1) is 6.13. The van der Waals surface area contributed by atoms with E-state index in [2.05, 4.69) is 6.92 Å². The van der Waals surface area contributed by atoms with Crippen molar-refractivity contribution in [1.29, 1.82) is 0 Å². The molecule has 1 aliphatic heterocycles. The molecule has 1 atom stereocenters. The van der Waals surface area contributed by atoms with Crippen molar-refractivity contribution in [3.8, 4) is 0 Å². The summed E-state index contributed by atoms with van der Waals surface area (Å²) in [6, 6.07) is 0. The fourth-order valence-electron chi connectivity index (χ4n) is 1.60. The van der Waals surface area contributed by atoms with Gasteiger partial charge in [0.1, 0.15) is 0 Å². The molecular weight excluding hydrogens is 164 g/mol. The summed E-state index contributed by atoms with van der Waals surface area (Å²) < 4.78 is 0. The van der Waals surface area contributed by atoms with Crippen LogP contribution >= 0.6 is 0 Å². The summed E-state index contributed by atoms with van der Waals surface area (Å²) in [5, 5.41) is 0. The van der Waals surface area contributed by atoms with Crippen LogP contribution in [0.4, 0.5) is 0 Å². The third kappa shape index (κ3) is 2.69. The van der Waals surface area contributed by atoms with Crippen LogP contribution in [0.25, 0.3) is 0 Å². The number of hydrogen-bond donors (Lipinski definition) is 0. The predicted octanol–water partition coefficient (Wildman–Crippen LogP) is 1.11. The van der Waals surface area contributed by atoms with Crippen molar-refractivity contribution < 1.29 is 4.79 Å². The molecule has 0 spiro atoms. The van der Waals surface area contributed by atoms with Crippen molar-refractivity contribution in [2.75, 3.05) is 20.6 Å². The van der Waals surface area contributed by atoms with Gasteiger partial charge in [0, 0.05) is 13.0 Å². The lowest BCUT2D eigenvalue weighted by atomic mass is 10.2. The molecule has 75 valence electrons. The van der Waals surface area contributed by atoms with Crippen molar-refractivity contribution in [1.82, 2.24) is 9.80 Å². The van der Waals surface area contributed by atoms with Crippen molar-refractivity contribution in [2.45, 2.75) is 31.8 Å². The molecule has 1 heterocycles. The monoisotopic (exact) mass is 183 g/mol. The first-order valence-electron chi connectivity index (χ1n) is 4.92. The topological polar surface area (TPSA) is 23.6 Å². The molecule has 0 aromatic rings. The third-order valence-electron chi connectivity index (χ3n) is 2.57. The zero-order valence-corrected chi connectivity index (χ0v) is 8.62. The van der Waals surface area contributed by atoms with E-state index in [4.69, 9.17) is 0 Å². The van der Waals surface area contributed by atoms with Gasteiger partial charge in [-0.3, -0.25) is 9.69 Å². The lowest BCUT2D eigenvalue weighted by molar-refractivity contribution is -0.134. The fourth-order valence-corrected chi connectivity index (χ4v) is 1.60. The minimum atomic E-state index is -0.00870. The first-order valence-corrected chi connectivity index (χ1v) is 4.92. The van der Waals surface area contributed by atoms with Gasteiger partial charge in [-0.1, -0.05) is 6.42 Å². The van der Waals surface area contributed by atoms with Gasteiger partial charge in [0.2, 0.25) is 5.91 Å². The maximum absolute atomic E-state index is 11.6. The summed E-state index contributed by atoms with van der Waals surface area (Å²) in [5.74, 6) is 0.256. The van der Waals surface area contributed by atoms with Gasteiger partial charge in [0.05, 0.1) is 6.17 Å². The molecule has 3 nitrogen and oxygen atoms in total. The van der Waals surface area contributed by atoms with E-state index in [-0.39, 0.29) is 12.1 Å². The largest absolute Gasteiger partial charge is 0.327 e. The normalized spacial score (nSPS) is 21.8. The number of rotatable bonds is 2. The van der Waals surface area contributed by atoms with Crippen LogP contribution < -0.4 is 0 Å². The van der Waals surface area contributed by atoms with Crippen LogP contribution in [-0.4, -0.2) is 42.5 Å². The Labute approximate surface area is 80.7 Å². The molecule has 1 rings (SSSR count). The highest BCUT2D eigenvalue weighted by atomic mass is 16.2. The van der Waals surface area contributed by atoms with E-state index in [1.54, 1.807) is 0 Å². The molecular formula is C10H19N2O. The lowest BCUT2D eigenvalue weighted by Crippen LogP contribution is -2.46. The smallest absolute Gasteiger partial charge is 0.223 e. The molecule has 0 N–H and O–H groups in total. The van der Waals surface area contributed by atoms with E-state index in [0.29, 0.717) is 6.42 Å². The summed E-state index contributed by atoms with van der Waals surface area (Å²) in [7, 11) is 3.91. The molecule has 1 saturated heterocycles. The second-order valence-electron chi connectivity index (χ2n) is 3.84. The molecule has 0 aromatic carbocycles. The van der Waals surface area contributed by atoms with Crippen LogP contribution in [0.3, 0.4) is 0 Å². The summed E-state index contributed by atoms with van der Waals surface area (Å²) in [4.78, 5) is 15.5. The minimum absolute atomic E-state index is 0.00870. The SMILES string of the molecule is [CH2]C(N(C)C)N1CCCCCC1=O. The molecule has 1 aliphatic rings.